The van der Waals surface area contributed by atoms with Crippen molar-refractivity contribution in [2.45, 2.75) is 63.2 Å². The van der Waals surface area contributed by atoms with Crippen molar-refractivity contribution in [3.63, 3.8) is 0 Å². The number of nitrogens with one attached hydrogen (secondary N) is 2. The number of aromatic nitrogens is 5. The zero-order chi connectivity index (χ0) is 28.7. The third-order valence-electron chi connectivity index (χ3n) is 7.78. The summed E-state index contributed by atoms with van der Waals surface area (Å²) in [7, 11) is 1.85. The number of halogens is 4. The molecule has 1 saturated carbocycles. The van der Waals surface area contributed by atoms with Gasteiger partial charge < -0.3 is 24.6 Å². The number of nitrogens with zero attached hydrogens (tertiary/aromatic N) is 6. The van der Waals surface area contributed by atoms with Crippen molar-refractivity contribution < 1.29 is 26.9 Å². The molecule has 4 aromatic rings. The molecule has 1 amide bonds. The highest BCUT2D eigenvalue weighted by Crippen LogP contribution is 2.35. The van der Waals surface area contributed by atoms with Gasteiger partial charge >= 0.3 is 6.18 Å². The molecule has 0 bridgehead atoms. The minimum absolute atomic E-state index is 0.0356. The summed E-state index contributed by atoms with van der Waals surface area (Å²) in [4.78, 5) is 18.8. The highest BCUT2D eigenvalue weighted by Gasteiger charge is 2.32. The topological polar surface area (TPSA) is 106 Å². The van der Waals surface area contributed by atoms with Crippen LogP contribution in [-0.2, 0) is 13.1 Å². The molecule has 1 aromatic carbocycles. The van der Waals surface area contributed by atoms with Crippen molar-refractivity contribution in [3.8, 4) is 11.5 Å². The molecule has 1 aliphatic carbocycles. The fourth-order valence-electron chi connectivity index (χ4n) is 5.36. The number of likely N-dealkylation sites (tertiary alicyclic amines) is 1. The first-order chi connectivity index (χ1) is 19.6. The molecule has 2 atom stereocenters. The standard InChI is InChI=1S/C27H30F4N8O2/c1-37-9-8-21(19(28)14-37)34-20-6-3-7-22-18(20)10-23(38(22)15-27(29,30)31)25-35-24(41-36-25)12-32-26(40)16-11-33-39(13-16)17-4-2-5-17/h3,6-7,10-11,13,17,19,21,34H,2,4-5,8-9,12,14-15H2,1H3,(H,32,40)/t19-,21+/m0/s1. The van der Waals surface area contributed by atoms with Crippen molar-refractivity contribution in [3.05, 3.63) is 48.1 Å². The van der Waals surface area contributed by atoms with Crippen LogP contribution in [0.5, 0.6) is 0 Å². The van der Waals surface area contributed by atoms with Crippen LogP contribution in [0.3, 0.4) is 0 Å². The maximum atomic E-state index is 14.7. The second-order valence-electron chi connectivity index (χ2n) is 10.8. The molecular formula is C27H30F4N8O2. The minimum Gasteiger partial charge on any atom is -0.379 e. The highest BCUT2D eigenvalue weighted by atomic mass is 19.4. The smallest absolute Gasteiger partial charge is 0.379 e. The molecular weight excluding hydrogens is 544 g/mol. The fraction of sp³-hybridized carbons (Fsp3) is 0.481. The maximum absolute atomic E-state index is 14.7. The predicted molar refractivity (Wildman–Crippen MR) is 142 cm³/mol. The first kappa shape index (κ1) is 27.2. The summed E-state index contributed by atoms with van der Waals surface area (Å²) in [6.07, 6.45) is 1.30. The number of carbonyl (C=O) groups excluding carboxylic acids is 1. The minimum atomic E-state index is -4.52. The van der Waals surface area contributed by atoms with Crippen LogP contribution < -0.4 is 10.6 Å². The van der Waals surface area contributed by atoms with E-state index < -0.39 is 24.9 Å². The molecule has 0 radical (unpaired) electrons. The van der Waals surface area contributed by atoms with E-state index in [1.807, 2.05) is 11.9 Å². The Morgan fingerprint density at radius 2 is 2.05 bits per heavy atom. The van der Waals surface area contributed by atoms with Gasteiger partial charge in [0.1, 0.15) is 12.7 Å². The molecule has 2 fully saturated rings. The summed E-state index contributed by atoms with van der Waals surface area (Å²) in [5.74, 6) is -0.396. The number of carbonyl (C=O) groups is 1. The molecule has 10 nitrogen and oxygen atoms in total. The van der Waals surface area contributed by atoms with Crippen LogP contribution in [0.1, 0.15) is 48.0 Å². The Bertz CT molecular complexity index is 1540. The molecule has 1 aliphatic heterocycles. The molecule has 218 valence electrons. The van der Waals surface area contributed by atoms with Gasteiger partial charge in [-0.1, -0.05) is 11.2 Å². The first-order valence-electron chi connectivity index (χ1n) is 13.6. The zero-order valence-corrected chi connectivity index (χ0v) is 22.4. The van der Waals surface area contributed by atoms with Crippen LogP contribution in [0.25, 0.3) is 22.4 Å². The molecule has 4 heterocycles. The third-order valence-corrected chi connectivity index (χ3v) is 7.78. The lowest BCUT2D eigenvalue weighted by atomic mass is 9.93. The van der Waals surface area contributed by atoms with Crippen molar-refractivity contribution in [2.75, 3.05) is 25.5 Å². The Labute approximate surface area is 232 Å². The van der Waals surface area contributed by atoms with E-state index in [0.29, 0.717) is 41.2 Å². The van der Waals surface area contributed by atoms with E-state index in [9.17, 15) is 22.4 Å². The summed E-state index contributed by atoms with van der Waals surface area (Å²) < 4.78 is 63.8. The maximum Gasteiger partial charge on any atom is 0.406 e. The molecule has 41 heavy (non-hydrogen) atoms. The summed E-state index contributed by atoms with van der Waals surface area (Å²) in [6.45, 7) is -0.403. The van der Waals surface area contributed by atoms with Gasteiger partial charge in [0.25, 0.3) is 5.91 Å². The Kier molecular flexibility index (Phi) is 7.18. The first-order valence-corrected chi connectivity index (χ1v) is 13.6. The SMILES string of the molecule is CN1CC[C@@H](Nc2cccc3c2cc(-c2noc(CNC(=O)c4cnn(C5CCC5)c4)n2)n3CC(F)(F)F)[C@@H](F)C1. The van der Waals surface area contributed by atoms with Crippen molar-refractivity contribution >= 4 is 22.5 Å². The van der Waals surface area contributed by atoms with Crippen LogP contribution >= 0.6 is 0 Å². The molecule has 6 rings (SSSR count). The number of amides is 1. The van der Waals surface area contributed by atoms with E-state index in [1.165, 1.54) is 6.20 Å². The van der Waals surface area contributed by atoms with E-state index in [2.05, 4.69) is 25.9 Å². The number of anilines is 1. The molecule has 2 aliphatic rings. The van der Waals surface area contributed by atoms with Gasteiger partial charge in [-0.2, -0.15) is 23.3 Å². The number of hydrogen-bond donors (Lipinski definition) is 2. The number of hydrogen-bond acceptors (Lipinski definition) is 7. The Balaban J connectivity index is 1.23. The average molecular weight is 575 g/mol. The number of alkyl halides is 4. The third kappa shape index (κ3) is 5.78. The second kappa shape index (κ2) is 10.8. The number of piperidine rings is 1. The van der Waals surface area contributed by atoms with E-state index in [1.54, 1.807) is 35.1 Å². The molecule has 0 spiro atoms. The quantitative estimate of drug-likeness (QED) is 0.297. The van der Waals surface area contributed by atoms with E-state index >= 15 is 0 Å². The predicted octanol–water partition coefficient (Wildman–Crippen LogP) is 4.56. The Morgan fingerprint density at radius 1 is 1.22 bits per heavy atom. The monoisotopic (exact) mass is 574 g/mol. The largest absolute Gasteiger partial charge is 0.406 e. The molecule has 3 aromatic heterocycles. The van der Waals surface area contributed by atoms with E-state index in [4.69, 9.17) is 4.52 Å². The van der Waals surface area contributed by atoms with Gasteiger partial charge in [0.2, 0.25) is 11.7 Å². The van der Waals surface area contributed by atoms with Gasteiger partial charge in [0.15, 0.2) is 0 Å². The normalized spacial score (nSPS) is 20.3. The van der Waals surface area contributed by atoms with Gasteiger partial charge in [-0.05, 0) is 50.9 Å². The van der Waals surface area contributed by atoms with Crippen molar-refractivity contribution in [1.82, 2.24) is 34.7 Å². The molecule has 2 N–H and O–H groups in total. The lowest BCUT2D eigenvalue weighted by Crippen LogP contribution is -2.46. The zero-order valence-electron chi connectivity index (χ0n) is 22.4. The number of fused-ring (bicyclic) bond motifs is 1. The lowest BCUT2D eigenvalue weighted by Gasteiger charge is -2.33. The van der Waals surface area contributed by atoms with Gasteiger partial charge in [-0.25, -0.2) is 4.39 Å². The van der Waals surface area contributed by atoms with Crippen LogP contribution in [0.2, 0.25) is 0 Å². The van der Waals surface area contributed by atoms with Crippen LogP contribution in [0.4, 0.5) is 23.2 Å². The van der Waals surface area contributed by atoms with Gasteiger partial charge in [-0.3, -0.25) is 9.48 Å². The summed E-state index contributed by atoms with van der Waals surface area (Å²) in [5, 5.41) is 14.5. The van der Waals surface area contributed by atoms with Crippen LogP contribution in [0.15, 0.2) is 41.2 Å². The molecule has 14 heteroatoms. The van der Waals surface area contributed by atoms with Gasteiger partial charge in [0.05, 0.1) is 41.6 Å². The average Bonchev–Trinajstić information content (AvgIpc) is 3.62. The van der Waals surface area contributed by atoms with Gasteiger partial charge in [-0.15, -0.1) is 0 Å². The molecule has 1 saturated heterocycles. The fourth-order valence-corrected chi connectivity index (χ4v) is 5.36. The van der Waals surface area contributed by atoms with Crippen molar-refractivity contribution in [2.24, 2.45) is 0 Å². The van der Waals surface area contributed by atoms with Crippen LogP contribution in [-0.4, -0.2) is 73.8 Å². The number of benzene rings is 1. The Hall–Kier alpha value is -3.94. The van der Waals surface area contributed by atoms with Gasteiger partial charge in [0, 0.05) is 30.4 Å². The van der Waals surface area contributed by atoms with E-state index in [-0.39, 0.29) is 36.4 Å². The summed E-state index contributed by atoms with van der Waals surface area (Å²) in [6, 6.07) is 6.33. The highest BCUT2D eigenvalue weighted by molar-refractivity contribution is 5.96. The summed E-state index contributed by atoms with van der Waals surface area (Å²) in [5.41, 5.74) is 1.31. The van der Waals surface area contributed by atoms with Crippen LogP contribution in [0, 0.1) is 0 Å². The lowest BCUT2D eigenvalue weighted by molar-refractivity contribution is -0.139. The Morgan fingerprint density at radius 3 is 2.78 bits per heavy atom. The number of rotatable bonds is 8. The summed E-state index contributed by atoms with van der Waals surface area (Å²) >= 11 is 0. The molecule has 0 unspecified atom stereocenters. The van der Waals surface area contributed by atoms with E-state index in [0.717, 1.165) is 23.8 Å². The second-order valence-corrected chi connectivity index (χ2v) is 10.8. The van der Waals surface area contributed by atoms with Crippen molar-refractivity contribution in [1.29, 1.82) is 0 Å².